The highest BCUT2D eigenvalue weighted by Gasteiger charge is 2.12. The Hall–Kier alpha value is -0.870. The van der Waals surface area contributed by atoms with E-state index in [1.807, 2.05) is 0 Å². The van der Waals surface area contributed by atoms with Crippen molar-refractivity contribution in [2.24, 2.45) is 0 Å². The van der Waals surface area contributed by atoms with Crippen LogP contribution in [0, 0.1) is 0 Å². The van der Waals surface area contributed by atoms with Gasteiger partial charge in [-0.3, -0.25) is 0 Å². The predicted molar refractivity (Wildman–Crippen MR) is 80.0 cm³/mol. The molecule has 0 unspecified atom stereocenters. The Kier molecular flexibility index (Phi) is 7.75. The molecule has 0 aliphatic rings. The van der Waals surface area contributed by atoms with E-state index in [2.05, 4.69) is 36.1 Å². The van der Waals surface area contributed by atoms with Crippen molar-refractivity contribution >= 4 is 17.4 Å². The molecule has 1 rings (SSSR count). The summed E-state index contributed by atoms with van der Waals surface area (Å²) >= 11 is 6.11. The highest BCUT2D eigenvalue weighted by Crippen LogP contribution is 2.27. The molecule has 1 aromatic rings. The van der Waals surface area contributed by atoms with E-state index in [1.54, 1.807) is 0 Å². The van der Waals surface area contributed by atoms with Crippen molar-refractivity contribution in [3.8, 4) is 0 Å². The van der Waals surface area contributed by atoms with E-state index >= 15 is 0 Å². The van der Waals surface area contributed by atoms with Crippen LogP contribution in [-0.2, 0) is 4.74 Å². The van der Waals surface area contributed by atoms with Gasteiger partial charge in [0.25, 0.3) is 0 Å². The molecule has 19 heavy (non-hydrogen) atoms. The Morgan fingerprint density at radius 3 is 2.68 bits per heavy atom. The minimum absolute atomic E-state index is 0.303. The zero-order valence-corrected chi connectivity index (χ0v) is 12.8. The number of aromatic nitrogens is 2. The molecule has 0 amide bonds. The van der Waals surface area contributed by atoms with Crippen LogP contribution in [0.3, 0.4) is 0 Å². The Morgan fingerprint density at radius 2 is 2.00 bits per heavy atom. The van der Waals surface area contributed by atoms with Gasteiger partial charge in [0.15, 0.2) is 0 Å². The molecular weight excluding hydrogens is 262 g/mol. The van der Waals surface area contributed by atoms with Crippen LogP contribution in [0.2, 0.25) is 5.15 Å². The monoisotopic (exact) mass is 285 g/mol. The average molecular weight is 286 g/mol. The highest BCUT2D eigenvalue weighted by molar-refractivity contribution is 6.30. The van der Waals surface area contributed by atoms with Gasteiger partial charge in [-0.25, -0.2) is 9.97 Å². The molecule has 0 spiro atoms. The van der Waals surface area contributed by atoms with Gasteiger partial charge in [-0.2, -0.15) is 0 Å². The Balaban J connectivity index is 2.35. The molecule has 0 saturated carbocycles. The van der Waals surface area contributed by atoms with Crippen LogP contribution in [0.15, 0.2) is 6.33 Å². The fraction of sp³-hybridized carbons (Fsp3) is 0.714. The molecule has 4 nitrogen and oxygen atoms in total. The predicted octanol–water partition coefficient (Wildman–Crippen LogP) is 3.87. The first-order chi connectivity index (χ1) is 9.16. The Bertz CT molecular complexity index is 372. The van der Waals surface area contributed by atoms with Gasteiger partial charge in [-0.15, -0.1) is 0 Å². The minimum Gasteiger partial charge on any atom is -0.381 e. The molecule has 1 N–H and O–H groups in total. The summed E-state index contributed by atoms with van der Waals surface area (Å²) in [6.45, 7) is 8.81. The number of hydrogen-bond acceptors (Lipinski definition) is 4. The van der Waals surface area contributed by atoms with E-state index < -0.39 is 0 Å². The van der Waals surface area contributed by atoms with Crippen molar-refractivity contribution in [2.45, 2.75) is 46.0 Å². The fourth-order valence-corrected chi connectivity index (χ4v) is 2.11. The fourth-order valence-electron chi connectivity index (χ4n) is 1.76. The molecule has 1 heterocycles. The largest absolute Gasteiger partial charge is 0.381 e. The molecule has 5 heteroatoms. The van der Waals surface area contributed by atoms with E-state index in [1.165, 1.54) is 12.7 Å². The second kappa shape index (κ2) is 9.10. The van der Waals surface area contributed by atoms with Crippen molar-refractivity contribution in [1.82, 2.24) is 9.97 Å². The zero-order valence-electron chi connectivity index (χ0n) is 12.1. The zero-order chi connectivity index (χ0) is 14.1. The smallest absolute Gasteiger partial charge is 0.138 e. The van der Waals surface area contributed by atoms with E-state index in [-0.39, 0.29) is 0 Å². The molecule has 108 valence electrons. The van der Waals surface area contributed by atoms with Gasteiger partial charge in [0.1, 0.15) is 17.3 Å². The van der Waals surface area contributed by atoms with Crippen molar-refractivity contribution in [3.05, 3.63) is 17.0 Å². The van der Waals surface area contributed by atoms with Crippen molar-refractivity contribution in [3.63, 3.8) is 0 Å². The number of halogens is 1. The Morgan fingerprint density at radius 1 is 1.26 bits per heavy atom. The highest BCUT2D eigenvalue weighted by atomic mass is 35.5. The lowest BCUT2D eigenvalue weighted by atomic mass is 10.1. The van der Waals surface area contributed by atoms with Gasteiger partial charge in [-0.1, -0.05) is 38.8 Å². The van der Waals surface area contributed by atoms with Gasteiger partial charge in [0.2, 0.25) is 0 Å². The van der Waals surface area contributed by atoms with Gasteiger partial charge in [0.05, 0.1) is 0 Å². The topological polar surface area (TPSA) is 47.0 Å². The lowest BCUT2D eigenvalue weighted by molar-refractivity contribution is 0.131. The molecule has 0 fully saturated rings. The number of unbranched alkanes of at least 4 members (excludes halogenated alkanes) is 1. The second-order valence-corrected chi connectivity index (χ2v) is 5.19. The summed E-state index contributed by atoms with van der Waals surface area (Å²) in [6, 6.07) is 0. The van der Waals surface area contributed by atoms with Crippen molar-refractivity contribution in [2.75, 3.05) is 25.1 Å². The number of hydrogen-bond donors (Lipinski definition) is 1. The quantitative estimate of drug-likeness (QED) is 0.553. The van der Waals surface area contributed by atoms with E-state index in [0.717, 1.165) is 44.0 Å². The molecule has 0 bridgehead atoms. The average Bonchev–Trinajstić information content (AvgIpc) is 2.37. The summed E-state index contributed by atoms with van der Waals surface area (Å²) < 4.78 is 5.51. The van der Waals surface area contributed by atoms with Crippen LogP contribution >= 0.6 is 11.6 Å². The maximum Gasteiger partial charge on any atom is 0.138 e. The van der Waals surface area contributed by atoms with Crippen LogP contribution < -0.4 is 5.32 Å². The lowest BCUT2D eigenvalue weighted by Crippen LogP contribution is -2.10. The summed E-state index contributed by atoms with van der Waals surface area (Å²) in [6.07, 6.45) is 4.76. The van der Waals surface area contributed by atoms with Crippen molar-refractivity contribution < 1.29 is 4.74 Å². The molecule has 0 saturated heterocycles. The second-order valence-electron chi connectivity index (χ2n) is 4.83. The summed E-state index contributed by atoms with van der Waals surface area (Å²) in [5.41, 5.74) is 0.982. The minimum atomic E-state index is 0.303. The van der Waals surface area contributed by atoms with Gasteiger partial charge in [0, 0.05) is 25.3 Å². The summed E-state index contributed by atoms with van der Waals surface area (Å²) in [5, 5.41) is 3.84. The van der Waals surface area contributed by atoms with E-state index in [9.17, 15) is 0 Å². The van der Waals surface area contributed by atoms with Gasteiger partial charge in [-0.05, 0) is 18.8 Å². The molecule has 0 aliphatic carbocycles. The lowest BCUT2D eigenvalue weighted by Gasteiger charge is -2.14. The van der Waals surface area contributed by atoms with Crippen LogP contribution in [0.4, 0.5) is 5.82 Å². The van der Waals surface area contributed by atoms with E-state index in [4.69, 9.17) is 16.3 Å². The molecule has 0 aliphatic heterocycles. The van der Waals surface area contributed by atoms with Crippen molar-refractivity contribution in [1.29, 1.82) is 0 Å². The maximum absolute atomic E-state index is 6.11. The first-order valence-corrected chi connectivity index (χ1v) is 7.36. The van der Waals surface area contributed by atoms with Crippen LogP contribution in [0.5, 0.6) is 0 Å². The number of nitrogens with one attached hydrogen (secondary N) is 1. The van der Waals surface area contributed by atoms with Crippen LogP contribution in [0.1, 0.15) is 51.5 Å². The van der Waals surface area contributed by atoms with Crippen LogP contribution in [0.25, 0.3) is 0 Å². The molecule has 0 radical (unpaired) electrons. The van der Waals surface area contributed by atoms with E-state index in [0.29, 0.717) is 11.1 Å². The number of nitrogens with zero attached hydrogens (tertiary/aromatic N) is 2. The standard InChI is InChI=1S/C14H24ClN3O/c1-4-5-8-19-9-6-7-16-14-12(11(2)3)13(15)17-10-18-14/h10-11H,4-9H2,1-3H3,(H,16,17,18). The summed E-state index contributed by atoms with van der Waals surface area (Å²) in [7, 11) is 0. The number of rotatable bonds is 9. The number of ether oxygens (including phenoxy) is 1. The summed E-state index contributed by atoms with van der Waals surface area (Å²) in [4.78, 5) is 8.29. The molecule has 0 aromatic carbocycles. The maximum atomic E-state index is 6.11. The Labute approximate surface area is 120 Å². The van der Waals surface area contributed by atoms with Gasteiger partial charge >= 0.3 is 0 Å². The van der Waals surface area contributed by atoms with Crippen LogP contribution in [-0.4, -0.2) is 29.7 Å². The third-order valence-electron chi connectivity index (χ3n) is 2.81. The molecular formula is C14H24ClN3O. The first-order valence-electron chi connectivity index (χ1n) is 6.98. The van der Waals surface area contributed by atoms with Gasteiger partial charge < -0.3 is 10.1 Å². The normalized spacial score (nSPS) is 11.0. The molecule has 0 atom stereocenters. The summed E-state index contributed by atoms with van der Waals surface area (Å²) in [5.74, 6) is 1.14. The first kappa shape index (κ1) is 16.2. The number of anilines is 1. The third-order valence-corrected chi connectivity index (χ3v) is 3.11. The molecule has 1 aromatic heterocycles. The SMILES string of the molecule is CCCCOCCCNc1ncnc(Cl)c1C(C)C. The third kappa shape index (κ3) is 5.74.